The molecule has 4 aromatic rings. The topological polar surface area (TPSA) is 173 Å². The Balaban J connectivity index is 0.000000325. The Bertz CT molecular complexity index is 1350. The summed E-state index contributed by atoms with van der Waals surface area (Å²) in [6, 6.07) is 9.93. The average Bonchev–Trinajstić information content (AvgIpc) is 3.91. The highest BCUT2D eigenvalue weighted by atomic mass is 16.6. The van der Waals surface area contributed by atoms with Crippen LogP contribution in [0.4, 0.5) is 17.3 Å². The molecule has 12 nitrogen and oxygen atoms in total. The first kappa shape index (κ1) is 32.7. The molecule has 2 fully saturated rings. The highest BCUT2D eigenvalue weighted by Gasteiger charge is 2.26. The van der Waals surface area contributed by atoms with Gasteiger partial charge in [0.05, 0.1) is 23.2 Å². The molecule has 12 heteroatoms. The number of carbonyl (C=O) groups excluding carboxylic acids is 1. The van der Waals surface area contributed by atoms with Gasteiger partial charge in [0.25, 0.3) is 5.69 Å². The van der Waals surface area contributed by atoms with Crippen LogP contribution in [0.5, 0.6) is 0 Å². The van der Waals surface area contributed by atoms with Crippen LogP contribution in [-0.4, -0.2) is 41.0 Å². The van der Waals surface area contributed by atoms with Gasteiger partial charge in [-0.05, 0) is 37.3 Å². The summed E-state index contributed by atoms with van der Waals surface area (Å²) < 4.78 is 1.51. The van der Waals surface area contributed by atoms with Gasteiger partial charge in [0.2, 0.25) is 5.91 Å². The van der Waals surface area contributed by atoms with E-state index in [0.717, 1.165) is 24.5 Å². The second kappa shape index (κ2) is 16.6. The van der Waals surface area contributed by atoms with Crippen LogP contribution >= 0.6 is 0 Å². The molecule has 0 radical (unpaired) electrons. The number of benzene rings is 1. The lowest BCUT2D eigenvalue weighted by Crippen LogP contribution is -2.14. The normalized spacial score (nSPS) is 13.0. The van der Waals surface area contributed by atoms with Crippen LogP contribution in [-0.2, 0) is 11.2 Å². The third-order valence-electron chi connectivity index (χ3n) is 5.82. The predicted molar refractivity (Wildman–Crippen MR) is 162 cm³/mol. The molecule has 3 heterocycles. The van der Waals surface area contributed by atoms with Gasteiger partial charge in [0, 0.05) is 53.7 Å². The average molecular weight is 566 g/mol. The molecule has 0 atom stereocenters. The molecular weight excluding hydrogens is 522 g/mol. The van der Waals surface area contributed by atoms with Crippen LogP contribution in [0.1, 0.15) is 96.0 Å². The number of aromatic amines is 2. The zero-order chi connectivity index (χ0) is 30.4. The van der Waals surface area contributed by atoms with E-state index in [4.69, 9.17) is 5.73 Å². The summed E-state index contributed by atoms with van der Waals surface area (Å²) in [5.41, 5.74) is 8.91. The van der Waals surface area contributed by atoms with E-state index in [-0.39, 0.29) is 18.0 Å². The summed E-state index contributed by atoms with van der Waals surface area (Å²) in [4.78, 5) is 22.6. The van der Waals surface area contributed by atoms with Gasteiger partial charge >= 0.3 is 0 Å². The minimum atomic E-state index is -0.457. The van der Waals surface area contributed by atoms with E-state index in [0.29, 0.717) is 28.8 Å². The van der Waals surface area contributed by atoms with Gasteiger partial charge in [0.15, 0.2) is 5.82 Å². The Kier molecular flexibility index (Phi) is 13.2. The molecule has 41 heavy (non-hydrogen) atoms. The number of H-pyrrole nitrogens is 2. The van der Waals surface area contributed by atoms with Crippen molar-refractivity contribution in [1.82, 2.24) is 30.2 Å². The Morgan fingerprint density at radius 1 is 1.00 bits per heavy atom. The standard InChI is InChI=1S/C17H16N6O3.C6H9N3.3C2H6/c24-17(19-16-8-15(20-21-16)12-4-5-12)6-11-9-18-22(10-11)13-2-1-3-14(7-13)23(25)26;7-6-3-5(8-9-6)4-1-2-4;3*1-2/h1-3,7-10,12H,4-6H2,(H2,19,20,21,24);3-4H,1-2H2,(H3,7,8,9);3*1-2H3. The predicted octanol–water partition coefficient (Wildman–Crippen LogP) is 6.51. The lowest BCUT2D eigenvalue weighted by molar-refractivity contribution is -0.384. The smallest absolute Gasteiger partial charge is 0.271 e. The molecule has 1 aromatic carbocycles. The minimum absolute atomic E-state index is 0.0118. The van der Waals surface area contributed by atoms with Crippen LogP contribution in [0, 0.1) is 10.1 Å². The van der Waals surface area contributed by atoms with E-state index in [1.165, 1.54) is 35.4 Å². The molecule has 6 rings (SSSR count). The molecule has 2 saturated carbocycles. The van der Waals surface area contributed by atoms with Crippen molar-refractivity contribution >= 4 is 23.2 Å². The summed E-state index contributed by atoms with van der Waals surface area (Å²) in [7, 11) is 0. The van der Waals surface area contributed by atoms with Crippen LogP contribution < -0.4 is 11.1 Å². The highest BCUT2D eigenvalue weighted by Crippen LogP contribution is 2.40. The van der Waals surface area contributed by atoms with Gasteiger partial charge in [-0.2, -0.15) is 15.3 Å². The van der Waals surface area contributed by atoms with E-state index in [9.17, 15) is 14.9 Å². The van der Waals surface area contributed by atoms with E-state index >= 15 is 0 Å². The summed E-state index contributed by atoms with van der Waals surface area (Å²) in [6.45, 7) is 12.0. The fourth-order valence-corrected chi connectivity index (χ4v) is 3.67. The van der Waals surface area contributed by atoms with Crippen molar-refractivity contribution in [1.29, 1.82) is 0 Å². The van der Waals surface area contributed by atoms with Crippen molar-refractivity contribution in [2.24, 2.45) is 0 Å². The number of nitro groups is 1. The number of nitro benzene ring substituents is 1. The largest absolute Gasteiger partial charge is 0.382 e. The Labute approximate surface area is 241 Å². The molecule has 0 spiro atoms. The number of nitrogen functional groups attached to an aromatic ring is 1. The molecule has 0 bridgehead atoms. The zero-order valence-electron chi connectivity index (χ0n) is 24.8. The Morgan fingerprint density at radius 3 is 2.17 bits per heavy atom. The van der Waals surface area contributed by atoms with Gasteiger partial charge in [-0.15, -0.1) is 0 Å². The molecule has 3 aromatic heterocycles. The van der Waals surface area contributed by atoms with Crippen molar-refractivity contribution in [3.63, 3.8) is 0 Å². The molecule has 1 amide bonds. The molecule has 5 N–H and O–H groups in total. The van der Waals surface area contributed by atoms with Crippen LogP contribution in [0.25, 0.3) is 5.69 Å². The number of nitrogens with zero attached hydrogens (tertiary/aromatic N) is 5. The van der Waals surface area contributed by atoms with Crippen molar-refractivity contribution < 1.29 is 9.72 Å². The number of aromatic nitrogens is 6. The number of nitrogens with one attached hydrogen (secondary N) is 3. The number of hydrogen-bond donors (Lipinski definition) is 4. The Hall–Kier alpha value is -4.48. The van der Waals surface area contributed by atoms with Crippen molar-refractivity contribution in [3.8, 4) is 5.69 Å². The quantitative estimate of drug-likeness (QED) is 0.146. The van der Waals surface area contributed by atoms with Gasteiger partial charge < -0.3 is 11.1 Å². The molecule has 0 saturated heterocycles. The number of anilines is 2. The number of rotatable bonds is 7. The zero-order valence-corrected chi connectivity index (χ0v) is 24.8. The fourth-order valence-electron chi connectivity index (χ4n) is 3.67. The number of non-ortho nitro benzene ring substituents is 1. The van der Waals surface area contributed by atoms with Crippen molar-refractivity contribution in [3.05, 3.63) is 75.9 Å². The minimum Gasteiger partial charge on any atom is -0.382 e. The van der Waals surface area contributed by atoms with E-state index in [1.54, 1.807) is 24.5 Å². The van der Waals surface area contributed by atoms with Gasteiger partial charge in [-0.25, -0.2) is 4.68 Å². The summed E-state index contributed by atoms with van der Waals surface area (Å²) >= 11 is 0. The number of hydrogen-bond acceptors (Lipinski definition) is 7. The van der Waals surface area contributed by atoms with E-state index in [2.05, 4.69) is 30.8 Å². The third-order valence-corrected chi connectivity index (χ3v) is 5.82. The maximum Gasteiger partial charge on any atom is 0.271 e. The second-order valence-electron chi connectivity index (χ2n) is 8.80. The third kappa shape index (κ3) is 10.2. The van der Waals surface area contributed by atoms with Gasteiger partial charge in [-0.3, -0.25) is 25.1 Å². The highest BCUT2D eigenvalue weighted by molar-refractivity contribution is 5.91. The van der Waals surface area contributed by atoms with Crippen molar-refractivity contribution in [2.45, 2.75) is 85.5 Å². The van der Waals surface area contributed by atoms with Gasteiger partial charge in [-0.1, -0.05) is 47.6 Å². The fraction of sp³-hybridized carbons (Fsp3) is 0.448. The SMILES string of the molecule is CC.CC.CC.Nc1cc(C2CC2)[nH]n1.O=C(Cc1cnn(-c2cccc([N+](=O)[O-])c2)c1)Nc1cc(C2CC2)[nH]n1. The molecule has 0 unspecified atom stereocenters. The summed E-state index contributed by atoms with van der Waals surface area (Å²) in [5, 5.41) is 31.6. The Morgan fingerprint density at radius 2 is 1.61 bits per heavy atom. The number of nitrogens with two attached hydrogens (primary N) is 1. The first-order chi connectivity index (χ1) is 19.9. The lowest BCUT2D eigenvalue weighted by Gasteiger charge is -2.01. The first-order valence-corrected chi connectivity index (χ1v) is 14.4. The number of carbonyl (C=O) groups is 1. The van der Waals surface area contributed by atoms with Crippen LogP contribution in [0.2, 0.25) is 0 Å². The molecule has 0 aliphatic heterocycles. The van der Waals surface area contributed by atoms with E-state index in [1.807, 2.05) is 53.7 Å². The van der Waals surface area contributed by atoms with Crippen molar-refractivity contribution in [2.75, 3.05) is 11.1 Å². The maximum atomic E-state index is 12.2. The van der Waals surface area contributed by atoms with Crippen LogP contribution in [0.3, 0.4) is 0 Å². The molecular formula is C29H43N9O3. The molecule has 2 aliphatic rings. The lowest BCUT2D eigenvalue weighted by atomic mass is 10.2. The monoisotopic (exact) mass is 565 g/mol. The maximum absolute atomic E-state index is 12.2. The summed E-state index contributed by atoms with van der Waals surface area (Å²) in [5.74, 6) is 2.20. The van der Waals surface area contributed by atoms with Crippen LogP contribution in [0.15, 0.2) is 48.8 Å². The van der Waals surface area contributed by atoms with Gasteiger partial charge in [0.1, 0.15) is 5.82 Å². The molecule has 222 valence electrons. The first-order valence-electron chi connectivity index (χ1n) is 14.4. The van der Waals surface area contributed by atoms with E-state index < -0.39 is 4.92 Å². The molecule has 2 aliphatic carbocycles. The summed E-state index contributed by atoms with van der Waals surface area (Å²) in [6.07, 6.45) is 8.29. The second-order valence-corrected chi connectivity index (χ2v) is 8.80. The number of amides is 1.